The highest BCUT2D eigenvalue weighted by Crippen LogP contribution is 2.41. The monoisotopic (exact) mass is 921 g/mol. The number of anilines is 2. The zero-order valence-electron chi connectivity index (χ0n) is 34.3. The van der Waals surface area contributed by atoms with Gasteiger partial charge < -0.3 is 0 Å². The summed E-state index contributed by atoms with van der Waals surface area (Å²) in [7, 11) is -2.00. The summed E-state index contributed by atoms with van der Waals surface area (Å²) in [6.45, 7) is 3.51. The number of nitrogens with one attached hydrogen (secondary N) is 1. The van der Waals surface area contributed by atoms with Crippen molar-refractivity contribution in [2.24, 2.45) is 0 Å². The lowest BCUT2D eigenvalue weighted by Gasteiger charge is -2.14. The molecule has 8 rings (SSSR count). The normalized spacial score (nSPS) is 15.5. The van der Waals surface area contributed by atoms with Gasteiger partial charge in [-0.05, 0) is 104 Å². The molecule has 0 bridgehead atoms. The summed E-state index contributed by atoms with van der Waals surface area (Å²) in [6.07, 6.45) is 3.63. The highest BCUT2D eigenvalue weighted by Gasteiger charge is 2.37. The fourth-order valence-electron chi connectivity index (χ4n) is 6.62. The Morgan fingerprint density at radius 3 is 1.45 bits per heavy atom. The molecule has 1 N–H and O–H groups in total. The van der Waals surface area contributed by atoms with E-state index in [1.807, 2.05) is 0 Å². The van der Waals surface area contributed by atoms with Crippen molar-refractivity contribution in [2.45, 2.75) is 71.3 Å². The van der Waals surface area contributed by atoms with E-state index in [1.165, 1.54) is 21.1 Å². The average Bonchev–Trinajstić information content (AvgIpc) is 4.19. The molecule has 324 valence electrons. The fourth-order valence-corrected chi connectivity index (χ4v) is 13.8. The first kappa shape index (κ1) is 44.8. The molecule has 2 atom stereocenters. The first-order valence-corrected chi connectivity index (χ1v) is 24.6. The Labute approximate surface area is 366 Å². The highest BCUT2D eigenvalue weighted by molar-refractivity contribution is 8.02. The van der Waals surface area contributed by atoms with Gasteiger partial charge in [0.15, 0.2) is 10.3 Å². The number of benzene rings is 4. The average molecular weight is 922 g/mol. The quantitative estimate of drug-likeness (QED) is 0.0963. The summed E-state index contributed by atoms with van der Waals surface area (Å²) < 4.78 is 89.9. The molecule has 6 aromatic rings. The van der Waals surface area contributed by atoms with Crippen LogP contribution in [0.25, 0.3) is 22.3 Å². The van der Waals surface area contributed by atoms with E-state index in [2.05, 4.69) is 15.8 Å². The van der Waals surface area contributed by atoms with Gasteiger partial charge in [-0.25, -0.2) is 36.5 Å². The van der Waals surface area contributed by atoms with Crippen molar-refractivity contribution in [3.05, 3.63) is 131 Å². The van der Waals surface area contributed by atoms with E-state index in [0.29, 0.717) is 46.8 Å². The van der Waals surface area contributed by atoms with Crippen LogP contribution in [0.4, 0.5) is 27.8 Å². The Balaban J connectivity index is 0.000000186. The van der Waals surface area contributed by atoms with Gasteiger partial charge in [0, 0.05) is 45.2 Å². The fraction of sp³-hybridized carbons (Fsp3) is 0.267. The number of nitrogens with zero attached hydrogens (tertiary/aromatic N) is 4. The van der Waals surface area contributed by atoms with Gasteiger partial charge in [0.05, 0.1) is 34.0 Å². The maximum atomic E-state index is 14.0. The number of hydrogen-bond donors (Lipinski definition) is 1. The minimum absolute atomic E-state index is 0.0925. The molecule has 1 unspecified atom stereocenters. The molecular weight excluding hydrogens is 879 g/mol. The molecule has 2 aliphatic rings. The van der Waals surface area contributed by atoms with Crippen LogP contribution in [0.5, 0.6) is 0 Å². The smallest absolute Gasteiger partial charge is 0.232 e. The summed E-state index contributed by atoms with van der Waals surface area (Å²) in [5, 5.41) is 0.911. The summed E-state index contributed by atoms with van der Waals surface area (Å²) in [4.78, 5) is 37.2. The van der Waals surface area contributed by atoms with Gasteiger partial charge in [0.25, 0.3) is 0 Å². The Hall–Kier alpha value is -5.23. The number of carbonyl (C=O) groups is 2. The maximum Gasteiger partial charge on any atom is 0.232 e. The molecule has 62 heavy (non-hydrogen) atoms. The predicted molar refractivity (Wildman–Crippen MR) is 240 cm³/mol. The molecule has 2 saturated carbocycles. The van der Waals surface area contributed by atoms with Crippen LogP contribution in [-0.4, -0.2) is 60.7 Å². The van der Waals surface area contributed by atoms with Gasteiger partial charge in [-0.2, -0.15) is 0 Å². The Morgan fingerprint density at radius 2 is 1.05 bits per heavy atom. The van der Waals surface area contributed by atoms with Crippen LogP contribution in [0.15, 0.2) is 93.3 Å². The van der Waals surface area contributed by atoms with Crippen molar-refractivity contribution in [2.75, 3.05) is 23.9 Å². The van der Waals surface area contributed by atoms with Gasteiger partial charge in [0.2, 0.25) is 11.8 Å². The van der Waals surface area contributed by atoms with Crippen molar-refractivity contribution in [1.29, 1.82) is 4.78 Å². The maximum absolute atomic E-state index is 14.0. The third-order valence-corrected chi connectivity index (χ3v) is 19.4. The largest absolute Gasteiger partial charge is 0.291 e. The van der Waals surface area contributed by atoms with Gasteiger partial charge in [-0.15, -0.1) is 0 Å². The molecule has 9 nitrogen and oxygen atoms in total. The topological polar surface area (TPSA) is 124 Å². The number of aryl methyl sites for hydroxylation is 2. The van der Waals surface area contributed by atoms with Crippen LogP contribution in [-0.2, 0) is 41.7 Å². The highest BCUT2D eigenvalue weighted by atomic mass is 32.2. The number of aromatic nitrogens is 2. The number of hydrogen-bond acceptors (Lipinski definition) is 9. The minimum Gasteiger partial charge on any atom is -0.291 e. The van der Waals surface area contributed by atoms with Crippen LogP contribution in [0.1, 0.15) is 48.2 Å². The van der Waals surface area contributed by atoms with E-state index >= 15 is 0 Å². The lowest BCUT2D eigenvalue weighted by molar-refractivity contribution is -0.118. The second-order valence-electron chi connectivity index (χ2n) is 15.4. The molecular formula is C45H43F4N5O4S4. The third-order valence-electron chi connectivity index (χ3n) is 10.6. The van der Waals surface area contributed by atoms with E-state index < -0.39 is 42.5 Å². The molecule has 2 aromatic heterocycles. The lowest BCUT2D eigenvalue weighted by atomic mass is 10.0. The Bertz CT molecular complexity index is 2690. The summed E-state index contributed by atoms with van der Waals surface area (Å²) in [5.41, 5.74) is 4.04. The first-order chi connectivity index (χ1) is 29.3. The molecule has 0 spiro atoms. The summed E-state index contributed by atoms with van der Waals surface area (Å²) in [5.74, 6) is 1.50. The Morgan fingerprint density at radius 1 is 0.661 bits per heavy atom. The molecule has 0 saturated heterocycles. The standard InChI is InChI=1S/C23H22F2N2O2S2.C22H21F2N3O2S2/c1-14-22(31(3,29)18-9-10-18)30-23(26-14)27(2)21(28)12-15-4-6-16(7-5-15)19-13-17(24)8-11-20(19)25;1-13-21(31(25,29)17-8-9-17)30-22(26-13)27(2)20(28)11-14-3-5-15(6-4-14)18-12-16(23)7-10-19(18)24/h4-8,11,13,18H,3,9-10,12H2,1-2H3;3-7,10,12,17,25H,8-9,11H2,1-2H3/t;31-/m.1/s1. The number of thiazole rings is 2. The van der Waals surface area contributed by atoms with Gasteiger partial charge >= 0.3 is 0 Å². The van der Waals surface area contributed by atoms with Crippen molar-refractivity contribution in [3.8, 4) is 22.3 Å². The molecule has 2 heterocycles. The van der Waals surface area contributed by atoms with E-state index in [1.54, 1.807) is 76.5 Å². The Kier molecular flexibility index (Phi) is 12.9. The van der Waals surface area contributed by atoms with Crippen LogP contribution in [0.2, 0.25) is 0 Å². The van der Waals surface area contributed by atoms with Crippen molar-refractivity contribution in [3.63, 3.8) is 0 Å². The van der Waals surface area contributed by atoms with E-state index in [4.69, 9.17) is 4.78 Å². The molecule has 2 amide bonds. The number of likely N-dealkylation sites (N-methyl/N-ethyl adjacent to an activating group) is 2. The van der Waals surface area contributed by atoms with Gasteiger partial charge in [-0.1, -0.05) is 71.2 Å². The number of carbonyl (C=O) groups excluding carboxylic acids is 2. The lowest BCUT2D eigenvalue weighted by Crippen LogP contribution is -2.27. The third kappa shape index (κ3) is 9.85. The molecule has 2 aliphatic carbocycles. The van der Waals surface area contributed by atoms with Crippen LogP contribution >= 0.6 is 22.7 Å². The minimum atomic E-state index is -2.87. The van der Waals surface area contributed by atoms with E-state index in [0.717, 1.165) is 79.0 Å². The molecule has 17 heteroatoms. The van der Waals surface area contributed by atoms with E-state index in [-0.39, 0.29) is 46.3 Å². The zero-order valence-corrected chi connectivity index (χ0v) is 37.5. The second-order valence-corrected chi connectivity index (χ2v) is 22.6. The zero-order chi connectivity index (χ0) is 44.7. The SMILES string of the molecule is C=S(=O)(c1sc(N(C)C(=O)Cc2ccc(-c3cc(F)ccc3F)cc2)nc1C)C1CC1.Cc1nc(N(C)C(=O)Cc2ccc(-c3cc(F)ccc3F)cc2)sc1[S@](=N)(=O)C1CC1. The summed E-state index contributed by atoms with van der Waals surface area (Å²) >= 11 is 2.40. The van der Waals surface area contributed by atoms with Crippen molar-refractivity contribution >= 4 is 69.9 Å². The first-order valence-electron chi connectivity index (χ1n) is 19.5. The number of rotatable bonds is 12. The van der Waals surface area contributed by atoms with Gasteiger partial charge in [-0.3, -0.25) is 23.6 Å². The predicted octanol–water partition coefficient (Wildman–Crippen LogP) is 10.0. The number of halogens is 4. The van der Waals surface area contributed by atoms with Gasteiger partial charge in [0.1, 0.15) is 31.7 Å². The van der Waals surface area contributed by atoms with Crippen LogP contribution in [0, 0.1) is 41.9 Å². The second kappa shape index (κ2) is 17.9. The molecule has 0 aliphatic heterocycles. The van der Waals surface area contributed by atoms with E-state index in [9.17, 15) is 35.6 Å². The van der Waals surface area contributed by atoms with Crippen LogP contribution < -0.4 is 9.80 Å². The molecule has 2 fully saturated rings. The summed E-state index contributed by atoms with van der Waals surface area (Å²) in [6, 6.07) is 20.1. The van der Waals surface area contributed by atoms with Crippen molar-refractivity contribution in [1.82, 2.24) is 9.97 Å². The number of amides is 2. The molecule has 4 aromatic carbocycles. The van der Waals surface area contributed by atoms with Crippen LogP contribution in [0.3, 0.4) is 0 Å². The molecule has 0 radical (unpaired) electrons. The van der Waals surface area contributed by atoms with Crippen molar-refractivity contribution < 1.29 is 35.6 Å².